The number of hydrogen-bond donors (Lipinski definition) is 0. The first kappa shape index (κ1) is 9.71. The van der Waals surface area contributed by atoms with Crippen LogP contribution in [-0.4, -0.2) is 12.5 Å². The molecule has 0 radical (unpaired) electrons. The lowest BCUT2D eigenvalue weighted by Crippen LogP contribution is -1.97. The molecule has 13 heavy (non-hydrogen) atoms. The summed E-state index contributed by atoms with van der Waals surface area (Å²) in [4.78, 5) is 2.67. The molecule has 0 N–H and O–H groups in total. The number of ether oxygens (including phenoxy) is 1. The Morgan fingerprint density at radius 3 is 3.08 bits per heavy atom. The van der Waals surface area contributed by atoms with E-state index in [1.54, 1.807) is 24.3 Å². The molecule has 0 aromatic heterocycles. The molecule has 0 atom stereocenters. The molecule has 0 aliphatic heterocycles. The SMILES string of the molecule is [N-]=[N+]=Nc1cccc(OCCCl)c1. The molecular formula is C8H8ClN3O. The van der Waals surface area contributed by atoms with Gasteiger partial charge in [-0.25, -0.2) is 0 Å². The van der Waals surface area contributed by atoms with Crippen molar-refractivity contribution in [2.24, 2.45) is 5.11 Å². The second kappa shape index (κ2) is 5.30. The average molecular weight is 198 g/mol. The minimum absolute atomic E-state index is 0.436. The first-order valence-corrected chi connectivity index (χ1v) is 4.24. The van der Waals surface area contributed by atoms with Gasteiger partial charge in [-0.15, -0.1) is 11.6 Å². The Balaban J connectivity index is 2.73. The molecule has 0 aliphatic carbocycles. The smallest absolute Gasteiger partial charge is 0.119 e. The summed E-state index contributed by atoms with van der Waals surface area (Å²) in [6, 6.07) is 6.90. The van der Waals surface area contributed by atoms with E-state index in [0.717, 1.165) is 0 Å². The summed E-state index contributed by atoms with van der Waals surface area (Å²) in [5.41, 5.74) is 8.72. The monoisotopic (exact) mass is 197 g/mol. The van der Waals surface area contributed by atoms with Crippen LogP contribution < -0.4 is 4.74 Å². The molecule has 1 rings (SSSR count). The second-order valence-corrected chi connectivity index (χ2v) is 2.60. The van der Waals surface area contributed by atoms with Gasteiger partial charge in [-0.05, 0) is 17.7 Å². The van der Waals surface area contributed by atoms with Gasteiger partial charge >= 0.3 is 0 Å². The summed E-state index contributed by atoms with van der Waals surface area (Å²) in [5.74, 6) is 1.09. The van der Waals surface area contributed by atoms with Crippen LogP contribution in [0.1, 0.15) is 0 Å². The van der Waals surface area contributed by atoms with Crippen LogP contribution in [0.2, 0.25) is 0 Å². The van der Waals surface area contributed by atoms with Gasteiger partial charge < -0.3 is 4.74 Å². The van der Waals surface area contributed by atoms with E-state index in [4.69, 9.17) is 21.9 Å². The van der Waals surface area contributed by atoms with Gasteiger partial charge in [0.05, 0.1) is 5.88 Å². The van der Waals surface area contributed by atoms with E-state index in [1.165, 1.54) is 0 Å². The van der Waals surface area contributed by atoms with E-state index >= 15 is 0 Å². The normalized spacial score (nSPS) is 9.00. The second-order valence-electron chi connectivity index (χ2n) is 2.22. The van der Waals surface area contributed by atoms with Gasteiger partial charge in [0.25, 0.3) is 0 Å². The fourth-order valence-corrected chi connectivity index (χ4v) is 0.921. The van der Waals surface area contributed by atoms with Crippen molar-refractivity contribution in [2.45, 2.75) is 0 Å². The fraction of sp³-hybridized carbons (Fsp3) is 0.250. The third kappa shape index (κ3) is 3.23. The molecule has 0 fully saturated rings. The van der Waals surface area contributed by atoms with Crippen LogP contribution >= 0.6 is 11.6 Å². The molecular weight excluding hydrogens is 190 g/mol. The Morgan fingerprint density at radius 1 is 1.54 bits per heavy atom. The number of halogens is 1. The summed E-state index contributed by atoms with van der Waals surface area (Å²) in [6.07, 6.45) is 0. The molecule has 0 aliphatic rings. The Hall–Kier alpha value is -1.38. The van der Waals surface area contributed by atoms with Crippen molar-refractivity contribution in [2.75, 3.05) is 12.5 Å². The molecule has 0 bridgehead atoms. The van der Waals surface area contributed by atoms with Gasteiger partial charge in [0.15, 0.2) is 0 Å². The lowest BCUT2D eigenvalue weighted by atomic mass is 10.3. The van der Waals surface area contributed by atoms with E-state index in [-0.39, 0.29) is 0 Å². The number of benzene rings is 1. The topological polar surface area (TPSA) is 58.0 Å². The number of azide groups is 1. The van der Waals surface area contributed by atoms with Crippen molar-refractivity contribution in [3.05, 3.63) is 34.7 Å². The highest BCUT2D eigenvalue weighted by atomic mass is 35.5. The van der Waals surface area contributed by atoms with E-state index in [2.05, 4.69) is 10.0 Å². The van der Waals surface area contributed by atoms with Gasteiger partial charge in [0.2, 0.25) is 0 Å². The predicted molar refractivity (Wildman–Crippen MR) is 51.5 cm³/mol. The van der Waals surface area contributed by atoms with Gasteiger partial charge in [-0.1, -0.05) is 17.2 Å². The molecule has 1 aromatic rings. The van der Waals surface area contributed by atoms with Crippen molar-refractivity contribution >= 4 is 17.3 Å². The van der Waals surface area contributed by atoms with Crippen molar-refractivity contribution in [3.63, 3.8) is 0 Å². The molecule has 0 saturated heterocycles. The summed E-state index contributed by atoms with van der Waals surface area (Å²) < 4.78 is 5.23. The molecule has 0 saturated carbocycles. The average Bonchev–Trinajstić information content (AvgIpc) is 2.16. The summed E-state index contributed by atoms with van der Waals surface area (Å²) in [6.45, 7) is 0.446. The van der Waals surface area contributed by atoms with Crippen molar-refractivity contribution in [3.8, 4) is 5.75 Å². The predicted octanol–water partition coefficient (Wildman–Crippen LogP) is 3.25. The molecule has 68 valence electrons. The Labute approximate surface area is 80.7 Å². The largest absolute Gasteiger partial charge is 0.492 e. The summed E-state index contributed by atoms with van der Waals surface area (Å²) in [5, 5.41) is 3.44. The van der Waals surface area contributed by atoms with Crippen LogP contribution in [0.15, 0.2) is 29.4 Å². The third-order valence-electron chi connectivity index (χ3n) is 1.32. The molecule has 5 heteroatoms. The number of nitrogens with zero attached hydrogens (tertiary/aromatic N) is 3. The van der Waals surface area contributed by atoms with Gasteiger partial charge in [-0.2, -0.15) is 0 Å². The first-order chi connectivity index (χ1) is 6.36. The molecule has 0 unspecified atom stereocenters. The highest BCUT2D eigenvalue weighted by molar-refractivity contribution is 6.17. The number of hydrogen-bond acceptors (Lipinski definition) is 2. The highest BCUT2D eigenvalue weighted by Gasteiger charge is 1.93. The van der Waals surface area contributed by atoms with Crippen LogP contribution in [-0.2, 0) is 0 Å². The van der Waals surface area contributed by atoms with Crippen LogP contribution in [0, 0.1) is 0 Å². The summed E-state index contributed by atoms with van der Waals surface area (Å²) >= 11 is 5.45. The zero-order chi connectivity index (χ0) is 9.52. The zero-order valence-corrected chi connectivity index (χ0v) is 7.61. The molecule has 0 amide bonds. The van der Waals surface area contributed by atoms with Crippen LogP contribution in [0.5, 0.6) is 5.75 Å². The lowest BCUT2D eigenvalue weighted by molar-refractivity contribution is 0.343. The molecule has 4 nitrogen and oxygen atoms in total. The van der Waals surface area contributed by atoms with Gasteiger partial charge in [0, 0.05) is 10.6 Å². The van der Waals surface area contributed by atoms with E-state index in [9.17, 15) is 0 Å². The maximum absolute atomic E-state index is 8.18. The Morgan fingerprint density at radius 2 is 2.38 bits per heavy atom. The Bertz CT molecular complexity index is 323. The zero-order valence-electron chi connectivity index (χ0n) is 6.85. The minimum Gasteiger partial charge on any atom is -0.492 e. The van der Waals surface area contributed by atoms with Crippen LogP contribution in [0.25, 0.3) is 10.4 Å². The number of rotatable bonds is 4. The van der Waals surface area contributed by atoms with Crippen molar-refractivity contribution in [1.82, 2.24) is 0 Å². The van der Waals surface area contributed by atoms with E-state index in [1.807, 2.05) is 0 Å². The van der Waals surface area contributed by atoms with Gasteiger partial charge in [-0.3, -0.25) is 0 Å². The van der Waals surface area contributed by atoms with Crippen molar-refractivity contribution in [1.29, 1.82) is 0 Å². The standard InChI is InChI=1S/C8H8ClN3O/c9-4-5-13-8-3-1-2-7(6-8)11-12-10/h1-3,6H,4-5H2. The highest BCUT2D eigenvalue weighted by Crippen LogP contribution is 2.19. The molecule has 0 heterocycles. The lowest BCUT2D eigenvalue weighted by Gasteiger charge is -2.03. The first-order valence-electron chi connectivity index (χ1n) is 3.71. The van der Waals surface area contributed by atoms with Crippen LogP contribution in [0.3, 0.4) is 0 Å². The maximum Gasteiger partial charge on any atom is 0.119 e. The number of alkyl halides is 1. The van der Waals surface area contributed by atoms with Crippen molar-refractivity contribution < 1.29 is 4.74 Å². The quantitative estimate of drug-likeness (QED) is 0.316. The Kier molecular flexibility index (Phi) is 3.96. The van der Waals surface area contributed by atoms with Crippen LogP contribution in [0.4, 0.5) is 5.69 Å². The van der Waals surface area contributed by atoms with E-state index in [0.29, 0.717) is 23.9 Å². The van der Waals surface area contributed by atoms with E-state index < -0.39 is 0 Å². The maximum atomic E-state index is 8.18. The third-order valence-corrected chi connectivity index (χ3v) is 1.48. The van der Waals surface area contributed by atoms with Gasteiger partial charge in [0.1, 0.15) is 12.4 Å². The molecule has 1 aromatic carbocycles. The fourth-order valence-electron chi connectivity index (χ4n) is 0.844. The molecule has 0 spiro atoms. The minimum atomic E-state index is 0.436. The summed E-state index contributed by atoms with van der Waals surface area (Å²) in [7, 11) is 0.